The van der Waals surface area contributed by atoms with Gasteiger partial charge in [0.25, 0.3) is 0 Å². The van der Waals surface area contributed by atoms with Crippen LogP contribution in [0.15, 0.2) is 30.5 Å². The molecule has 0 spiro atoms. The first-order valence-electron chi connectivity index (χ1n) is 7.25. The van der Waals surface area contributed by atoms with Gasteiger partial charge in [-0.15, -0.1) is 0 Å². The quantitative estimate of drug-likeness (QED) is 0.781. The molecule has 1 aliphatic carbocycles. The third kappa shape index (κ3) is 2.06. The maximum atomic E-state index is 12.8. The molecule has 0 N–H and O–H groups in total. The minimum atomic E-state index is -4.32. The van der Waals surface area contributed by atoms with Crippen molar-refractivity contribution in [1.82, 2.24) is 4.98 Å². The van der Waals surface area contributed by atoms with E-state index in [1.165, 1.54) is 19.3 Å². The summed E-state index contributed by atoms with van der Waals surface area (Å²) in [5, 5.41) is 0.818. The predicted octanol–water partition coefficient (Wildman–Crippen LogP) is 4.24. The molecule has 2 aromatic rings. The van der Waals surface area contributed by atoms with E-state index in [4.69, 9.17) is 0 Å². The molecule has 4 rings (SSSR count). The zero-order chi connectivity index (χ0) is 14.6. The second kappa shape index (κ2) is 4.36. The fourth-order valence-electron chi connectivity index (χ4n) is 3.78. The molecular formula is C16H15F3N2. The number of fused-ring (bicyclic) bond motifs is 3. The van der Waals surface area contributed by atoms with Gasteiger partial charge in [0, 0.05) is 29.9 Å². The average Bonchev–Trinajstić information content (AvgIpc) is 3.07. The van der Waals surface area contributed by atoms with E-state index >= 15 is 0 Å². The predicted molar refractivity (Wildman–Crippen MR) is 75.2 cm³/mol. The highest BCUT2D eigenvalue weighted by Crippen LogP contribution is 2.42. The normalized spacial score (nSPS) is 25.0. The molecule has 2 unspecified atom stereocenters. The number of halogens is 3. The molecule has 21 heavy (non-hydrogen) atoms. The van der Waals surface area contributed by atoms with Gasteiger partial charge in [-0.05, 0) is 43.4 Å². The number of rotatable bonds is 1. The van der Waals surface area contributed by atoms with Crippen LogP contribution in [0.3, 0.4) is 0 Å². The first kappa shape index (κ1) is 12.9. The van der Waals surface area contributed by atoms with Gasteiger partial charge in [0.15, 0.2) is 0 Å². The number of alkyl halides is 3. The van der Waals surface area contributed by atoms with Crippen LogP contribution < -0.4 is 4.90 Å². The van der Waals surface area contributed by atoms with Gasteiger partial charge in [-0.2, -0.15) is 13.2 Å². The highest BCUT2D eigenvalue weighted by atomic mass is 19.4. The van der Waals surface area contributed by atoms with Crippen LogP contribution in [0.4, 0.5) is 18.9 Å². The smallest absolute Gasteiger partial charge is 0.368 e. The van der Waals surface area contributed by atoms with E-state index in [2.05, 4.69) is 9.88 Å². The molecular weight excluding hydrogens is 277 g/mol. The third-order valence-electron chi connectivity index (χ3n) is 4.77. The molecule has 2 aliphatic rings. The Morgan fingerprint density at radius 2 is 2.00 bits per heavy atom. The van der Waals surface area contributed by atoms with Crippen LogP contribution in [0.1, 0.15) is 24.8 Å². The molecule has 0 radical (unpaired) electrons. The van der Waals surface area contributed by atoms with Crippen molar-refractivity contribution in [2.75, 3.05) is 11.4 Å². The lowest BCUT2D eigenvalue weighted by molar-refractivity contribution is -0.137. The SMILES string of the molecule is FC(F)(F)c1ccc2c(N3CC4CCC3C4)ccnc2c1. The highest BCUT2D eigenvalue weighted by molar-refractivity contribution is 5.92. The Hall–Kier alpha value is -1.78. The first-order valence-corrected chi connectivity index (χ1v) is 7.25. The molecule has 2 bridgehead atoms. The van der Waals surface area contributed by atoms with E-state index in [1.54, 1.807) is 12.3 Å². The minimum absolute atomic E-state index is 0.421. The molecule has 2 fully saturated rings. The molecule has 2 atom stereocenters. The van der Waals surface area contributed by atoms with Gasteiger partial charge in [0.1, 0.15) is 0 Å². The lowest BCUT2D eigenvalue weighted by Crippen LogP contribution is -2.31. The van der Waals surface area contributed by atoms with Crippen molar-refractivity contribution in [3.63, 3.8) is 0 Å². The van der Waals surface area contributed by atoms with Gasteiger partial charge in [-0.25, -0.2) is 0 Å². The Labute approximate surface area is 120 Å². The van der Waals surface area contributed by atoms with E-state index in [0.717, 1.165) is 35.7 Å². The highest BCUT2D eigenvalue weighted by Gasteiger charge is 2.38. The molecule has 1 aliphatic heterocycles. The summed E-state index contributed by atoms with van der Waals surface area (Å²) in [5.74, 6) is 0.743. The Morgan fingerprint density at radius 3 is 2.67 bits per heavy atom. The fourth-order valence-corrected chi connectivity index (χ4v) is 3.78. The first-order chi connectivity index (χ1) is 10.0. The van der Waals surface area contributed by atoms with Crippen molar-refractivity contribution >= 4 is 16.6 Å². The van der Waals surface area contributed by atoms with Gasteiger partial charge in [0.2, 0.25) is 0 Å². The van der Waals surface area contributed by atoms with Crippen molar-refractivity contribution < 1.29 is 13.2 Å². The molecule has 1 saturated heterocycles. The summed E-state index contributed by atoms with van der Waals surface area (Å²) in [7, 11) is 0. The maximum Gasteiger partial charge on any atom is 0.416 e. The summed E-state index contributed by atoms with van der Waals surface area (Å²) < 4.78 is 38.4. The number of aromatic nitrogens is 1. The summed E-state index contributed by atoms with van der Waals surface area (Å²) in [6, 6.07) is 6.33. The zero-order valence-electron chi connectivity index (χ0n) is 11.4. The third-order valence-corrected chi connectivity index (χ3v) is 4.77. The van der Waals surface area contributed by atoms with Gasteiger partial charge in [-0.3, -0.25) is 4.98 Å². The summed E-state index contributed by atoms with van der Waals surface area (Å²) in [6.45, 7) is 1.02. The Balaban J connectivity index is 1.80. The van der Waals surface area contributed by atoms with Gasteiger partial charge < -0.3 is 4.90 Å². The van der Waals surface area contributed by atoms with Crippen LogP contribution in [0, 0.1) is 5.92 Å². The topological polar surface area (TPSA) is 16.1 Å². The zero-order valence-corrected chi connectivity index (χ0v) is 11.4. The van der Waals surface area contributed by atoms with Crippen LogP contribution in [0.2, 0.25) is 0 Å². The van der Waals surface area contributed by atoms with Crippen LogP contribution in [0.5, 0.6) is 0 Å². The number of benzene rings is 1. The van der Waals surface area contributed by atoms with Crippen molar-refractivity contribution in [2.24, 2.45) is 5.92 Å². The van der Waals surface area contributed by atoms with Gasteiger partial charge in [-0.1, -0.05) is 6.07 Å². The molecule has 110 valence electrons. The number of hydrogen-bond donors (Lipinski definition) is 0. The Kier molecular flexibility index (Phi) is 2.68. The van der Waals surface area contributed by atoms with E-state index in [9.17, 15) is 13.2 Å². The van der Waals surface area contributed by atoms with Crippen LogP contribution in [-0.4, -0.2) is 17.6 Å². The van der Waals surface area contributed by atoms with E-state index in [1.807, 2.05) is 6.07 Å². The fraction of sp³-hybridized carbons (Fsp3) is 0.438. The standard InChI is InChI=1S/C16H15F3N2/c17-16(18,19)11-2-4-13-14(8-11)20-6-5-15(13)21-9-10-1-3-12(21)7-10/h2,4-6,8,10,12H,1,3,7,9H2. The Bertz CT molecular complexity index is 695. The molecule has 1 aromatic heterocycles. The molecule has 2 nitrogen and oxygen atoms in total. The van der Waals surface area contributed by atoms with E-state index < -0.39 is 11.7 Å². The molecule has 0 amide bonds. The van der Waals surface area contributed by atoms with Crippen molar-refractivity contribution in [3.05, 3.63) is 36.0 Å². The summed E-state index contributed by atoms with van der Waals surface area (Å²) in [6.07, 6.45) is 0.977. The van der Waals surface area contributed by atoms with Crippen molar-refractivity contribution in [3.8, 4) is 0 Å². The summed E-state index contributed by atoms with van der Waals surface area (Å²) >= 11 is 0. The van der Waals surface area contributed by atoms with Crippen molar-refractivity contribution in [2.45, 2.75) is 31.5 Å². The number of anilines is 1. The largest absolute Gasteiger partial charge is 0.416 e. The second-order valence-corrected chi connectivity index (χ2v) is 6.05. The summed E-state index contributed by atoms with van der Waals surface area (Å²) in [5.41, 5.74) is 0.814. The van der Waals surface area contributed by atoms with E-state index in [-0.39, 0.29) is 0 Å². The Morgan fingerprint density at radius 1 is 1.14 bits per heavy atom. The maximum absolute atomic E-state index is 12.8. The van der Waals surface area contributed by atoms with Gasteiger partial charge >= 0.3 is 6.18 Å². The molecule has 2 heterocycles. The monoisotopic (exact) mass is 292 g/mol. The van der Waals surface area contributed by atoms with E-state index in [0.29, 0.717) is 11.6 Å². The summed E-state index contributed by atoms with van der Waals surface area (Å²) in [4.78, 5) is 6.48. The second-order valence-electron chi connectivity index (χ2n) is 6.05. The number of hydrogen-bond acceptors (Lipinski definition) is 2. The lowest BCUT2D eigenvalue weighted by Gasteiger charge is -2.30. The number of piperidine rings is 1. The average molecular weight is 292 g/mol. The van der Waals surface area contributed by atoms with Crippen LogP contribution in [0.25, 0.3) is 10.9 Å². The van der Waals surface area contributed by atoms with Crippen molar-refractivity contribution in [1.29, 1.82) is 0 Å². The lowest BCUT2D eigenvalue weighted by atomic mass is 10.1. The minimum Gasteiger partial charge on any atom is -0.368 e. The number of nitrogens with zero attached hydrogens (tertiary/aromatic N) is 2. The van der Waals surface area contributed by atoms with Crippen LogP contribution >= 0.6 is 0 Å². The van der Waals surface area contributed by atoms with Crippen LogP contribution in [-0.2, 0) is 6.18 Å². The molecule has 1 saturated carbocycles. The molecule has 5 heteroatoms. The van der Waals surface area contributed by atoms with Gasteiger partial charge in [0.05, 0.1) is 11.1 Å². The number of pyridine rings is 1. The molecule has 1 aromatic carbocycles.